The zero-order valence-electron chi connectivity index (χ0n) is 18.0. The lowest BCUT2D eigenvalue weighted by atomic mass is 10.1. The number of benzene rings is 2. The van der Waals surface area contributed by atoms with Gasteiger partial charge in [-0.3, -0.25) is 14.2 Å². The Hall–Kier alpha value is -4.14. The van der Waals surface area contributed by atoms with E-state index in [2.05, 4.69) is 15.4 Å². The van der Waals surface area contributed by atoms with Gasteiger partial charge in [-0.15, -0.1) is 0 Å². The Morgan fingerprint density at radius 3 is 2.62 bits per heavy atom. The first-order chi connectivity index (χ1) is 15.5. The van der Waals surface area contributed by atoms with Crippen molar-refractivity contribution in [1.82, 2.24) is 24.6 Å². The van der Waals surface area contributed by atoms with Gasteiger partial charge in [-0.1, -0.05) is 18.2 Å². The Morgan fingerprint density at radius 1 is 1.12 bits per heavy atom. The molecule has 1 atom stereocenters. The number of nitrogens with zero attached hydrogens (tertiary/aromatic N) is 4. The number of hydrogen-bond acceptors (Lipinski definition) is 6. The van der Waals surface area contributed by atoms with E-state index < -0.39 is 0 Å². The molecular formula is C23H23N5O4. The van der Waals surface area contributed by atoms with Gasteiger partial charge < -0.3 is 14.8 Å². The predicted octanol–water partition coefficient (Wildman–Crippen LogP) is 2.48. The highest BCUT2D eigenvalue weighted by Crippen LogP contribution is 2.29. The van der Waals surface area contributed by atoms with E-state index in [0.717, 1.165) is 11.3 Å². The number of hydrogen-bond donors (Lipinski definition) is 1. The quantitative estimate of drug-likeness (QED) is 0.481. The number of fused-ring (bicyclic) bond motifs is 1. The molecule has 0 saturated carbocycles. The number of amides is 1. The molecule has 1 N–H and O–H groups in total. The van der Waals surface area contributed by atoms with Gasteiger partial charge in [-0.05, 0) is 37.3 Å². The van der Waals surface area contributed by atoms with Crippen molar-refractivity contribution in [2.75, 3.05) is 14.2 Å². The largest absolute Gasteiger partial charge is 0.497 e. The van der Waals surface area contributed by atoms with Crippen LogP contribution in [0.25, 0.3) is 16.7 Å². The zero-order chi connectivity index (χ0) is 22.7. The summed E-state index contributed by atoms with van der Waals surface area (Å²) in [5.74, 6) is 0.955. The summed E-state index contributed by atoms with van der Waals surface area (Å²) < 4.78 is 13.5. The zero-order valence-corrected chi connectivity index (χ0v) is 18.0. The van der Waals surface area contributed by atoms with Crippen LogP contribution in [0.1, 0.15) is 18.5 Å². The van der Waals surface area contributed by atoms with Crippen molar-refractivity contribution < 1.29 is 14.3 Å². The molecule has 0 aliphatic heterocycles. The van der Waals surface area contributed by atoms with Gasteiger partial charge in [0.2, 0.25) is 5.91 Å². The van der Waals surface area contributed by atoms with Crippen LogP contribution < -0.4 is 20.3 Å². The molecule has 2 aromatic carbocycles. The van der Waals surface area contributed by atoms with Gasteiger partial charge in [0.15, 0.2) is 5.65 Å². The SMILES string of the molecule is COc1ccc(OC)c(C(C)NC(=O)Cn2cnc3c(cnn3-c3ccccc3)c2=O)c1. The van der Waals surface area contributed by atoms with Crippen LogP contribution in [-0.4, -0.2) is 39.5 Å². The molecule has 0 aliphatic rings. The maximum atomic E-state index is 12.9. The standard InChI is InChI=1S/C23H23N5O4/c1-15(18-11-17(31-2)9-10-20(18)32-3)26-21(29)13-27-14-24-22-19(23(27)30)12-25-28(22)16-7-5-4-6-8-16/h4-12,14-15H,13H2,1-3H3,(H,26,29). The van der Waals surface area contributed by atoms with E-state index >= 15 is 0 Å². The molecule has 9 heteroatoms. The molecule has 0 saturated heterocycles. The summed E-state index contributed by atoms with van der Waals surface area (Å²) in [6.45, 7) is 1.66. The van der Waals surface area contributed by atoms with Gasteiger partial charge in [-0.25, -0.2) is 9.67 Å². The van der Waals surface area contributed by atoms with E-state index in [9.17, 15) is 9.59 Å². The van der Waals surface area contributed by atoms with Gasteiger partial charge in [-0.2, -0.15) is 5.10 Å². The number of carbonyl (C=O) groups is 1. The number of methoxy groups -OCH3 is 2. The van der Waals surface area contributed by atoms with Crippen LogP contribution in [0.5, 0.6) is 11.5 Å². The molecule has 4 aromatic rings. The van der Waals surface area contributed by atoms with Crippen LogP contribution in [0.2, 0.25) is 0 Å². The third kappa shape index (κ3) is 4.04. The first-order valence-corrected chi connectivity index (χ1v) is 10.0. The van der Waals surface area contributed by atoms with Crippen molar-refractivity contribution in [3.63, 3.8) is 0 Å². The lowest BCUT2D eigenvalue weighted by Crippen LogP contribution is -2.34. The van der Waals surface area contributed by atoms with E-state index in [1.165, 1.54) is 17.1 Å². The lowest BCUT2D eigenvalue weighted by Gasteiger charge is -2.18. The molecule has 4 rings (SSSR count). The van der Waals surface area contributed by atoms with E-state index in [0.29, 0.717) is 22.5 Å². The summed E-state index contributed by atoms with van der Waals surface area (Å²) in [6.07, 6.45) is 2.83. The number of para-hydroxylation sites is 1. The average Bonchev–Trinajstić information content (AvgIpc) is 3.26. The lowest BCUT2D eigenvalue weighted by molar-refractivity contribution is -0.122. The van der Waals surface area contributed by atoms with E-state index in [1.54, 1.807) is 31.0 Å². The van der Waals surface area contributed by atoms with E-state index in [4.69, 9.17) is 9.47 Å². The summed E-state index contributed by atoms with van der Waals surface area (Å²) in [5.41, 5.74) is 1.67. The van der Waals surface area contributed by atoms with Crippen molar-refractivity contribution in [2.24, 2.45) is 0 Å². The highest BCUT2D eigenvalue weighted by atomic mass is 16.5. The molecule has 0 radical (unpaired) electrons. The maximum absolute atomic E-state index is 12.9. The summed E-state index contributed by atoms with van der Waals surface area (Å²) in [6, 6.07) is 14.4. The Balaban J connectivity index is 1.54. The Labute approximate surface area is 184 Å². The van der Waals surface area contributed by atoms with Crippen molar-refractivity contribution >= 4 is 16.9 Å². The molecular weight excluding hydrogens is 410 g/mol. The molecule has 2 aromatic heterocycles. The Kier molecular flexibility index (Phi) is 5.89. The monoisotopic (exact) mass is 433 g/mol. The van der Waals surface area contributed by atoms with E-state index in [-0.39, 0.29) is 24.1 Å². The summed E-state index contributed by atoms with van der Waals surface area (Å²) in [4.78, 5) is 29.9. The summed E-state index contributed by atoms with van der Waals surface area (Å²) >= 11 is 0. The molecule has 1 unspecified atom stereocenters. The highest BCUT2D eigenvalue weighted by molar-refractivity contribution is 5.78. The fourth-order valence-electron chi connectivity index (χ4n) is 3.52. The van der Waals surface area contributed by atoms with Gasteiger partial charge in [0.1, 0.15) is 29.8 Å². The molecule has 0 bridgehead atoms. The summed E-state index contributed by atoms with van der Waals surface area (Å²) in [5, 5.41) is 7.52. The van der Waals surface area contributed by atoms with E-state index in [1.807, 2.05) is 43.3 Å². The fraction of sp³-hybridized carbons (Fsp3) is 0.217. The highest BCUT2D eigenvalue weighted by Gasteiger charge is 2.17. The minimum absolute atomic E-state index is 0.172. The molecule has 164 valence electrons. The van der Waals surface area contributed by atoms with Crippen molar-refractivity contribution in [3.05, 3.63) is 77.0 Å². The maximum Gasteiger partial charge on any atom is 0.264 e. The third-order valence-electron chi connectivity index (χ3n) is 5.15. The van der Waals surface area contributed by atoms with Crippen LogP contribution in [0, 0.1) is 0 Å². The molecule has 0 spiro atoms. The second kappa shape index (κ2) is 8.93. The Bertz CT molecular complexity index is 1310. The van der Waals surface area contributed by atoms with Crippen molar-refractivity contribution in [3.8, 4) is 17.2 Å². The fourth-order valence-corrected chi connectivity index (χ4v) is 3.52. The van der Waals surface area contributed by atoms with Crippen LogP contribution >= 0.6 is 0 Å². The van der Waals surface area contributed by atoms with Crippen LogP contribution in [0.3, 0.4) is 0 Å². The molecule has 0 fully saturated rings. The van der Waals surface area contributed by atoms with Crippen LogP contribution in [-0.2, 0) is 11.3 Å². The molecule has 32 heavy (non-hydrogen) atoms. The van der Waals surface area contributed by atoms with Crippen LogP contribution in [0.4, 0.5) is 0 Å². The first kappa shape index (κ1) is 21.1. The van der Waals surface area contributed by atoms with Crippen LogP contribution in [0.15, 0.2) is 65.8 Å². The number of rotatable bonds is 7. The second-order valence-electron chi connectivity index (χ2n) is 7.20. The molecule has 2 heterocycles. The van der Waals surface area contributed by atoms with Gasteiger partial charge in [0.25, 0.3) is 5.56 Å². The minimum atomic E-state index is -0.360. The number of ether oxygens (including phenoxy) is 2. The van der Waals surface area contributed by atoms with Gasteiger partial charge >= 0.3 is 0 Å². The van der Waals surface area contributed by atoms with Crippen molar-refractivity contribution in [2.45, 2.75) is 19.5 Å². The normalized spacial score (nSPS) is 11.8. The number of carbonyl (C=O) groups excluding carboxylic acids is 1. The molecule has 9 nitrogen and oxygen atoms in total. The topological polar surface area (TPSA) is 100 Å². The first-order valence-electron chi connectivity index (χ1n) is 10.0. The molecule has 1 amide bonds. The smallest absolute Gasteiger partial charge is 0.264 e. The predicted molar refractivity (Wildman–Crippen MR) is 119 cm³/mol. The Morgan fingerprint density at radius 2 is 1.91 bits per heavy atom. The second-order valence-corrected chi connectivity index (χ2v) is 7.20. The number of aromatic nitrogens is 4. The molecule has 0 aliphatic carbocycles. The third-order valence-corrected chi connectivity index (χ3v) is 5.15. The van der Waals surface area contributed by atoms with Gasteiger partial charge in [0.05, 0.1) is 32.1 Å². The van der Waals surface area contributed by atoms with Crippen molar-refractivity contribution in [1.29, 1.82) is 0 Å². The minimum Gasteiger partial charge on any atom is -0.497 e. The van der Waals surface area contributed by atoms with Gasteiger partial charge in [0, 0.05) is 5.56 Å². The number of nitrogens with one attached hydrogen (secondary N) is 1. The average molecular weight is 433 g/mol. The summed E-state index contributed by atoms with van der Waals surface area (Å²) in [7, 11) is 3.14.